The molecule has 0 N–H and O–H groups in total. The summed E-state index contributed by atoms with van der Waals surface area (Å²) in [7, 11) is 1.36. The summed E-state index contributed by atoms with van der Waals surface area (Å²) in [4.78, 5) is 0. The van der Waals surface area contributed by atoms with Gasteiger partial charge in [0.25, 0.3) is 0 Å². The average Bonchev–Trinajstić information content (AvgIpc) is 3.62. The number of benzene rings is 4. The molecule has 0 fully saturated rings. The van der Waals surface area contributed by atoms with Gasteiger partial charge in [-0.1, -0.05) is 140 Å². The Hall–Kier alpha value is -3.07. The van der Waals surface area contributed by atoms with E-state index in [1.807, 2.05) is 12.1 Å². The number of aryl methyl sites for hydroxylation is 2. The normalized spacial score (nSPS) is 10.6. The fourth-order valence-corrected chi connectivity index (χ4v) is 5.96. The Morgan fingerprint density at radius 3 is 1.12 bits per heavy atom. The van der Waals surface area contributed by atoms with Crippen molar-refractivity contribution in [2.24, 2.45) is 0 Å². The monoisotopic (exact) mass is 816 g/mol. The molecule has 0 atom stereocenters. The molecule has 0 aliphatic carbocycles. The Bertz CT molecular complexity index is 1670. The maximum atomic E-state index is 4.53. The van der Waals surface area contributed by atoms with E-state index < -0.39 is 0 Å². The summed E-state index contributed by atoms with van der Waals surface area (Å²) in [5, 5.41) is 5.70. The van der Waals surface area contributed by atoms with Gasteiger partial charge in [-0.3, -0.25) is 0 Å². The number of hydrogen-bond donors (Lipinski definition) is 0. The van der Waals surface area contributed by atoms with Crippen molar-refractivity contribution in [2.45, 2.75) is 92.9 Å². The fraction of sp³-hybridized carbons (Fsp3) is 0.304. The van der Waals surface area contributed by atoms with Crippen LogP contribution in [0, 0.1) is 20.3 Å². The predicted molar refractivity (Wildman–Crippen MR) is 215 cm³/mol. The minimum absolute atomic E-state index is 0. The van der Waals surface area contributed by atoms with Crippen LogP contribution < -0.4 is 0 Å². The Labute approximate surface area is 314 Å². The van der Waals surface area contributed by atoms with Gasteiger partial charge < -0.3 is 6.17 Å². The first-order chi connectivity index (χ1) is 22.4. The van der Waals surface area contributed by atoms with E-state index in [0.717, 1.165) is 0 Å². The smallest absolute Gasteiger partial charge is 0.533 e. The van der Waals surface area contributed by atoms with E-state index in [1.165, 1.54) is 75.9 Å². The number of rotatable bonds is 6. The first-order valence-corrected chi connectivity index (χ1v) is 18.0. The maximum absolute atomic E-state index is 4.53. The van der Waals surface area contributed by atoms with E-state index in [-0.39, 0.29) is 25.8 Å². The molecule has 0 saturated heterocycles. The topological polar surface area (TPSA) is 0 Å². The van der Waals surface area contributed by atoms with E-state index in [2.05, 4.69) is 179 Å². The molecule has 0 nitrogen and oxygen atoms in total. The van der Waals surface area contributed by atoms with Crippen LogP contribution >= 0.6 is 0 Å². The summed E-state index contributed by atoms with van der Waals surface area (Å²) in [5.74, 6) is 2.42. The van der Waals surface area contributed by atoms with Crippen LogP contribution in [-0.4, -0.2) is 16.0 Å². The van der Waals surface area contributed by atoms with E-state index in [1.54, 1.807) is 0 Å². The molecule has 0 aliphatic rings. The van der Waals surface area contributed by atoms with Crippen molar-refractivity contribution in [3.63, 3.8) is 0 Å². The molecule has 0 heterocycles. The summed E-state index contributed by atoms with van der Waals surface area (Å²) >= 11 is 0. The summed E-state index contributed by atoms with van der Waals surface area (Å²) in [6, 6.07) is 39.4. The summed E-state index contributed by atoms with van der Waals surface area (Å²) in [6.07, 6.45) is 6.69. The molecule has 6 rings (SSSR count). The third kappa shape index (κ3) is 11.5. The molecule has 248 valence electrons. The van der Waals surface area contributed by atoms with Gasteiger partial charge in [0, 0.05) is 0 Å². The molecule has 0 amide bonds. The van der Waals surface area contributed by atoms with Gasteiger partial charge in [0.1, 0.15) is 0 Å². The summed E-state index contributed by atoms with van der Waals surface area (Å²) in [5.41, 5.74) is 11.1. The van der Waals surface area contributed by atoms with Crippen LogP contribution in [0.15, 0.2) is 109 Å². The van der Waals surface area contributed by atoms with Gasteiger partial charge in [0.2, 0.25) is 0 Å². The molecule has 0 aromatic heterocycles. The van der Waals surface area contributed by atoms with E-state index in [4.69, 9.17) is 0 Å². The second-order valence-electron chi connectivity index (χ2n) is 13.9. The molecule has 0 bridgehead atoms. The van der Waals surface area contributed by atoms with Gasteiger partial charge in [-0.2, -0.15) is 12.1 Å². The van der Waals surface area contributed by atoms with Crippen LogP contribution in [0.3, 0.4) is 0 Å². The molecule has 0 radical (unpaired) electrons. The maximum Gasteiger partial charge on any atom is 4.00 e. The van der Waals surface area contributed by atoms with Gasteiger partial charge >= 0.3 is 25.8 Å². The number of hydrogen-bond acceptors (Lipinski definition) is 0. The molecule has 0 aliphatic heterocycles. The minimum atomic E-state index is 0. The minimum Gasteiger partial charge on any atom is -0.533 e. The van der Waals surface area contributed by atoms with Gasteiger partial charge in [-0.15, -0.1) is 98.8 Å². The Morgan fingerprint density at radius 1 is 0.500 bits per heavy atom. The summed E-state index contributed by atoms with van der Waals surface area (Å²) < 4.78 is 0. The molecule has 6 aromatic carbocycles. The van der Waals surface area contributed by atoms with Gasteiger partial charge in [0.05, 0.1) is 0 Å². The fourth-order valence-electron chi connectivity index (χ4n) is 5.96. The van der Waals surface area contributed by atoms with Crippen molar-refractivity contribution in [1.29, 1.82) is 0 Å². The Balaban J connectivity index is 0.000000242. The predicted octanol–water partition coefficient (Wildman–Crippen LogP) is 12.4. The number of fused-ring (bicyclic) bond motifs is 2. The van der Waals surface area contributed by atoms with Crippen molar-refractivity contribution in [2.75, 3.05) is 0 Å². The summed E-state index contributed by atoms with van der Waals surface area (Å²) in [6.45, 7) is 22.5. The van der Waals surface area contributed by atoms with Crippen molar-refractivity contribution in [3.8, 4) is 0 Å². The third-order valence-electron chi connectivity index (χ3n) is 8.55. The molecular formula is C46H56HfSi. The largest absolute Gasteiger partial charge is 4.00 e. The Morgan fingerprint density at radius 2 is 0.833 bits per heavy atom. The van der Waals surface area contributed by atoms with Crippen molar-refractivity contribution in [3.05, 3.63) is 160 Å². The van der Waals surface area contributed by atoms with E-state index in [9.17, 15) is 0 Å². The second-order valence-corrected chi connectivity index (χ2v) is 13.9. The standard InChI is InChI=1S/2C16H21.C13H11.CH3Si.Hf/c2*1-10(2)13-8-14-6-12(5)7-16(14)15(9-13)11(3)4;1-3-7-12(8-4-1)11-13-9-5-2-6-10-13;1-2;/h2*6-11H,1-5H3;1-11H;1H,2H2;/q4*-1;+4. The molecule has 48 heavy (non-hydrogen) atoms. The SMILES string of the molecule is Cc1cc2c(C(C)C)cc(C(C)C)cc2[cH-]1.Cc1cc2c(C(C)C)cc(C(C)C)cc2[cH-]1.[CH-]=[SiH2].[Hf+4].c1ccc([CH-]c2ccccc2)cc1. The van der Waals surface area contributed by atoms with Crippen molar-refractivity contribution >= 4 is 37.6 Å². The van der Waals surface area contributed by atoms with Gasteiger partial charge in [-0.05, 0) is 23.7 Å². The first-order valence-electron chi connectivity index (χ1n) is 17.2. The van der Waals surface area contributed by atoms with Crippen LogP contribution in [-0.2, 0) is 25.8 Å². The van der Waals surface area contributed by atoms with Crippen molar-refractivity contribution < 1.29 is 25.8 Å². The molecular weight excluding hydrogens is 759 g/mol. The van der Waals surface area contributed by atoms with E-state index in [0.29, 0.717) is 23.7 Å². The van der Waals surface area contributed by atoms with Crippen LogP contribution in [0.1, 0.15) is 124 Å². The zero-order chi connectivity index (χ0) is 34.7. The second kappa shape index (κ2) is 19.8. The third-order valence-corrected chi connectivity index (χ3v) is 8.55. The molecule has 0 unspecified atom stereocenters. The Kier molecular flexibility index (Phi) is 17.0. The van der Waals surface area contributed by atoms with Gasteiger partial charge in [-0.25, -0.2) is 9.85 Å². The molecule has 6 aromatic rings. The van der Waals surface area contributed by atoms with Gasteiger partial charge in [0.15, 0.2) is 0 Å². The molecule has 2 heteroatoms. The molecule has 0 spiro atoms. The first kappa shape index (κ1) is 41.1. The quantitative estimate of drug-likeness (QED) is 0.116. The van der Waals surface area contributed by atoms with Crippen LogP contribution in [0.5, 0.6) is 0 Å². The van der Waals surface area contributed by atoms with Crippen LogP contribution in [0.2, 0.25) is 0 Å². The van der Waals surface area contributed by atoms with Crippen LogP contribution in [0.4, 0.5) is 0 Å². The van der Waals surface area contributed by atoms with Crippen molar-refractivity contribution in [1.82, 2.24) is 0 Å². The van der Waals surface area contributed by atoms with Crippen LogP contribution in [0.25, 0.3) is 21.5 Å². The zero-order valence-corrected chi connectivity index (χ0v) is 36.1. The average molecular weight is 816 g/mol. The zero-order valence-electron chi connectivity index (χ0n) is 31.1. The molecule has 0 saturated carbocycles. The van der Waals surface area contributed by atoms with E-state index >= 15 is 0 Å².